The zero-order valence-electron chi connectivity index (χ0n) is 16.6. The van der Waals surface area contributed by atoms with Crippen molar-refractivity contribution in [2.75, 3.05) is 19.8 Å². The Morgan fingerprint density at radius 2 is 1.97 bits per heavy atom. The lowest BCUT2D eigenvalue weighted by Crippen LogP contribution is -2.46. The van der Waals surface area contributed by atoms with Crippen LogP contribution >= 0.6 is 0 Å². The number of rotatable bonds is 7. The van der Waals surface area contributed by atoms with E-state index in [0.717, 1.165) is 11.1 Å². The number of ether oxygens (including phenoxy) is 1. The van der Waals surface area contributed by atoms with E-state index in [9.17, 15) is 9.18 Å². The van der Waals surface area contributed by atoms with Gasteiger partial charge in [0, 0.05) is 31.6 Å². The first kappa shape index (κ1) is 20.2. The quantitative estimate of drug-likeness (QED) is 0.648. The summed E-state index contributed by atoms with van der Waals surface area (Å²) in [4.78, 5) is 13.2. The lowest BCUT2D eigenvalue weighted by Gasteiger charge is -2.38. The number of nitrogens with zero attached hydrogens (tertiary/aromatic N) is 4. The molecule has 1 aliphatic rings. The van der Waals surface area contributed by atoms with Gasteiger partial charge in [0.25, 0.3) is 0 Å². The van der Waals surface area contributed by atoms with Crippen molar-refractivity contribution >= 4 is 5.91 Å². The molecule has 7 nitrogen and oxygen atoms in total. The molecule has 4 rings (SSSR count). The highest BCUT2D eigenvalue weighted by Crippen LogP contribution is 2.34. The summed E-state index contributed by atoms with van der Waals surface area (Å²) in [5, 5.41) is 14.4. The summed E-state index contributed by atoms with van der Waals surface area (Å²) in [6.07, 6.45) is 3.34. The first-order valence-electron chi connectivity index (χ1n) is 10.0. The maximum absolute atomic E-state index is 13.9. The van der Waals surface area contributed by atoms with Gasteiger partial charge in [-0.25, -0.2) is 9.07 Å². The Bertz CT molecular complexity index is 959. The largest absolute Gasteiger partial charge is 0.381 e. The van der Waals surface area contributed by atoms with Crippen LogP contribution in [0.2, 0.25) is 0 Å². The van der Waals surface area contributed by atoms with E-state index in [2.05, 4.69) is 20.8 Å². The second-order valence-corrected chi connectivity index (χ2v) is 7.62. The summed E-state index contributed by atoms with van der Waals surface area (Å²) in [7, 11) is 0. The second kappa shape index (κ2) is 9.13. The zero-order chi connectivity index (χ0) is 20.8. The number of halogens is 1. The lowest BCUT2D eigenvalue weighted by atomic mass is 9.74. The van der Waals surface area contributed by atoms with Crippen molar-refractivity contribution in [1.82, 2.24) is 25.5 Å². The van der Waals surface area contributed by atoms with E-state index in [0.29, 0.717) is 39.0 Å². The number of benzene rings is 2. The summed E-state index contributed by atoms with van der Waals surface area (Å²) >= 11 is 0. The number of hydrogen-bond donors (Lipinski definition) is 1. The molecule has 1 unspecified atom stereocenters. The van der Waals surface area contributed by atoms with Crippen LogP contribution in [0.3, 0.4) is 0 Å². The first-order valence-corrected chi connectivity index (χ1v) is 10.0. The van der Waals surface area contributed by atoms with Gasteiger partial charge >= 0.3 is 0 Å². The highest BCUT2D eigenvalue weighted by molar-refractivity contribution is 5.80. The Labute approximate surface area is 174 Å². The topological polar surface area (TPSA) is 81.9 Å². The van der Waals surface area contributed by atoms with Crippen molar-refractivity contribution in [2.45, 2.75) is 30.7 Å². The fourth-order valence-electron chi connectivity index (χ4n) is 3.98. The van der Waals surface area contributed by atoms with Crippen molar-refractivity contribution < 1.29 is 13.9 Å². The molecule has 1 fully saturated rings. The number of nitrogens with one attached hydrogen (secondary N) is 1. The van der Waals surface area contributed by atoms with Gasteiger partial charge < -0.3 is 10.1 Å². The Balaban J connectivity index is 1.53. The minimum atomic E-state index is -0.577. The number of carbonyl (C=O) groups is 1. The molecule has 1 aliphatic heterocycles. The molecule has 1 saturated heterocycles. The number of hydrogen-bond acceptors (Lipinski definition) is 5. The van der Waals surface area contributed by atoms with E-state index in [1.54, 1.807) is 12.1 Å². The molecule has 1 amide bonds. The molecular formula is C22H24FN5O2. The van der Waals surface area contributed by atoms with Crippen LogP contribution in [0.5, 0.6) is 0 Å². The number of carbonyl (C=O) groups excluding carboxylic acids is 1. The standard InChI is InChI=1S/C22H24FN5O2/c23-19-8-4-7-18(14-19)22(9-11-30-12-10-22)15-24-21(29)20(28-16-25-26-27-28)13-17-5-2-1-3-6-17/h1-8,14,16,20H,9-13,15H2,(H,24,29). The molecule has 3 aromatic rings. The molecule has 156 valence electrons. The Morgan fingerprint density at radius 3 is 2.67 bits per heavy atom. The third-order valence-electron chi connectivity index (χ3n) is 5.75. The second-order valence-electron chi connectivity index (χ2n) is 7.62. The minimum Gasteiger partial charge on any atom is -0.381 e. The summed E-state index contributed by atoms with van der Waals surface area (Å²) in [5.74, 6) is -0.450. The minimum absolute atomic E-state index is 0.173. The summed E-state index contributed by atoms with van der Waals surface area (Å²) in [6, 6.07) is 15.8. The first-order chi connectivity index (χ1) is 14.7. The number of aromatic nitrogens is 4. The van der Waals surface area contributed by atoms with E-state index in [4.69, 9.17) is 4.74 Å². The SMILES string of the molecule is O=C(NCC1(c2cccc(F)c2)CCOCC1)C(Cc1ccccc1)n1cnnn1. The highest BCUT2D eigenvalue weighted by Gasteiger charge is 2.36. The Kier molecular flexibility index (Phi) is 6.13. The molecule has 8 heteroatoms. The van der Waals surface area contributed by atoms with Crippen LogP contribution in [0.1, 0.15) is 30.0 Å². The van der Waals surface area contributed by atoms with E-state index in [1.807, 2.05) is 36.4 Å². The Morgan fingerprint density at radius 1 is 1.17 bits per heavy atom. The lowest BCUT2D eigenvalue weighted by molar-refractivity contribution is -0.125. The van der Waals surface area contributed by atoms with Crippen molar-refractivity contribution in [3.63, 3.8) is 0 Å². The van der Waals surface area contributed by atoms with Crippen LogP contribution in [0.25, 0.3) is 0 Å². The predicted octanol–water partition coefficient (Wildman–Crippen LogP) is 2.46. The van der Waals surface area contributed by atoms with Gasteiger partial charge in [0.2, 0.25) is 5.91 Å². The molecule has 0 spiro atoms. The summed E-state index contributed by atoms with van der Waals surface area (Å²) < 4.78 is 20.9. The van der Waals surface area contributed by atoms with Crippen LogP contribution in [0.15, 0.2) is 60.9 Å². The summed E-state index contributed by atoms with van der Waals surface area (Å²) in [5.41, 5.74) is 1.53. The van der Waals surface area contributed by atoms with E-state index in [1.165, 1.54) is 17.1 Å². The van der Waals surface area contributed by atoms with E-state index in [-0.39, 0.29) is 17.1 Å². The molecule has 0 saturated carbocycles. The van der Waals surface area contributed by atoms with Gasteiger partial charge in [-0.15, -0.1) is 5.10 Å². The smallest absolute Gasteiger partial charge is 0.245 e. The molecule has 1 N–H and O–H groups in total. The van der Waals surface area contributed by atoms with Crippen LogP contribution in [-0.2, 0) is 21.4 Å². The van der Waals surface area contributed by atoms with Crippen molar-refractivity contribution in [3.8, 4) is 0 Å². The third-order valence-corrected chi connectivity index (χ3v) is 5.75. The molecule has 30 heavy (non-hydrogen) atoms. The van der Waals surface area contributed by atoms with Crippen molar-refractivity contribution in [2.24, 2.45) is 0 Å². The molecule has 1 atom stereocenters. The molecular weight excluding hydrogens is 385 g/mol. The van der Waals surface area contributed by atoms with Gasteiger partial charge in [-0.3, -0.25) is 4.79 Å². The van der Waals surface area contributed by atoms with Crippen LogP contribution in [0.4, 0.5) is 4.39 Å². The predicted molar refractivity (Wildman–Crippen MR) is 108 cm³/mol. The highest BCUT2D eigenvalue weighted by atomic mass is 19.1. The fourth-order valence-corrected chi connectivity index (χ4v) is 3.98. The molecule has 2 heterocycles. The van der Waals surface area contributed by atoms with Crippen LogP contribution in [-0.4, -0.2) is 45.9 Å². The fraction of sp³-hybridized carbons (Fsp3) is 0.364. The molecule has 0 radical (unpaired) electrons. The van der Waals surface area contributed by atoms with Gasteiger partial charge in [0.15, 0.2) is 0 Å². The maximum atomic E-state index is 13.9. The molecule has 0 aliphatic carbocycles. The Hall–Kier alpha value is -3.13. The normalized spacial score (nSPS) is 16.7. The zero-order valence-corrected chi connectivity index (χ0v) is 16.6. The number of tetrazole rings is 1. The molecule has 1 aromatic heterocycles. The average Bonchev–Trinajstić information content (AvgIpc) is 3.32. The van der Waals surface area contributed by atoms with Crippen LogP contribution < -0.4 is 5.32 Å². The van der Waals surface area contributed by atoms with Gasteiger partial charge in [0.05, 0.1) is 0 Å². The average molecular weight is 409 g/mol. The van der Waals surface area contributed by atoms with Gasteiger partial charge in [-0.05, 0) is 46.5 Å². The molecule has 2 aromatic carbocycles. The van der Waals surface area contributed by atoms with Gasteiger partial charge in [-0.1, -0.05) is 42.5 Å². The van der Waals surface area contributed by atoms with Crippen molar-refractivity contribution in [3.05, 3.63) is 77.9 Å². The third kappa shape index (κ3) is 4.54. The molecule has 0 bridgehead atoms. The maximum Gasteiger partial charge on any atom is 0.245 e. The number of amides is 1. The summed E-state index contributed by atoms with van der Waals surface area (Å²) in [6.45, 7) is 1.55. The van der Waals surface area contributed by atoms with Crippen LogP contribution in [0, 0.1) is 5.82 Å². The van der Waals surface area contributed by atoms with Gasteiger partial charge in [0.1, 0.15) is 18.2 Å². The van der Waals surface area contributed by atoms with Crippen molar-refractivity contribution in [1.29, 1.82) is 0 Å². The van der Waals surface area contributed by atoms with Gasteiger partial charge in [-0.2, -0.15) is 0 Å². The van der Waals surface area contributed by atoms with E-state index >= 15 is 0 Å². The van der Waals surface area contributed by atoms with E-state index < -0.39 is 6.04 Å². The monoisotopic (exact) mass is 409 g/mol.